The summed E-state index contributed by atoms with van der Waals surface area (Å²) in [5.74, 6) is 0.916. The minimum Gasteiger partial charge on any atom is -0.345 e. The number of hydrogen-bond acceptors (Lipinski definition) is 4. The average Bonchev–Trinajstić information content (AvgIpc) is 3.25. The minimum atomic E-state index is 0.102. The van der Waals surface area contributed by atoms with Gasteiger partial charge in [0.2, 0.25) is 0 Å². The Labute approximate surface area is 136 Å². The fraction of sp³-hybridized carbons (Fsp3) is 0.750. The van der Waals surface area contributed by atoms with Crippen LogP contribution in [-0.4, -0.2) is 48.6 Å². The van der Waals surface area contributed by atoms with Gasteiger partial charge in [0, 0.05) is 44.3 Å². The quantitative estimate of drug-likeness (QED) is 0.848. The molecule has 22 heavy (non-hydrogen) atoms. The number of piperazine rings is 1. The van der Waals surface area contributed by atoms with Crippen LogP contribution in [0.2, 0.25) is 0 Å². The van der Waals surface area contributed by atoms with Gasteiger partial charge in [-0.1, -0.05) is 25.7 Å². The summed E-state index contributed by atoms with van der Waals surface area (Å²) >= 11 is 1.66. The molecule has 2 aliphatic rings. The smallest absolute Gasteiger partial charge is 0.317 e. The number of rotatable bonds is 5. The van der Waals surface area contributed by atoms with Gasteiger partial charge in [0.1, 0.15) is 0 Å². The molecule has 0 radical (unpaired) electrons. The molecule has 6 heteroatoms. The Hall–Kier alpha value is -1.30. The highest BCUT2D eigenvalue weighted by Crippen LogP contribution is 2.28. The van der Waals surface area contributed by atoms with Crippen LogP contribution in [0.3, 0.4) is 0 Å². The van der Waals surface area contributed by atoms with E-state index in [0.29, 0.717) is 0 Å². The lowest BCUT2D eigenvalue weighted by atomic mass is 10.0. The number of anilines is 1. The third kappa shape index (κ3) is 4.12. The van der Waals surface area contributed by atoms with Crippen LogP contribution in [0.1, 0.15) is 38.5 Å². The molecule has 2 heterocycles. The summed E-state index contributed by atoms with van der Waals surface area (Å²) in [4.78, 5) is 20.7. The van der Waals surface area contributed by atoms with Crippen molar-refractivity contribution < 1.29 is 4.79 Å². The molecule has 3 rings (SSSR count). The zero-order chi connectivity index (χ0) is 15.2. The Balaban J connectivity index is 1.31. The number of nitrogens with one attached hydrogen (secondary N) is 1. The van der Waals surface area contributed by atoms with Crippen LogP contribution in [0, 0.1) is 5.92 Å². The summed E-state index contributed by atoms with van der Waals surface area (Å²) in [7, 11) is 0. The SMILES string of the molecule is O=C(NCCCC1CCCC1)N1CCN(c2nccs2)CC1. The zero-order valence-corrected chi connectivity index (χ0v) is 14.0. The van der Waals surface area contributed by atoms with Crippen LogP contribution < -0.4 is 10.2 Å². The molecule has 122 valence electrons. The number of aromatic nitrogens is 1. The van der Waals surface area contributed by atoms with E-state index in [1.54, 1.807) is 11.3 Å². The number of urea groups is 1. The number of hydrogen-bond donors (Lipinski definition) is 1. The summed E-state index contributed by atoms with van der Waals surface area (Å²) < 4.78 is 0. The Morgan fingerprint density at radius 1 is 1.27 bits per heavy atom. The predicted octanol–water partition coefficient (Wildman–Crippen LogP) is 2.95. The highest BCUT2D eigenvalue weighted by atomic mass is 32.1. The fourth-order valence-electron chi connectivity index (χ4n) is 3.47. The first-order valence-corrected chi connectivity index (χ1v) is 9.38. The number of thiazole rings is 1. The Kier molecular flexibility index (Phi) is 5.53. The molecule has 1 aromatic heterocycles. The lowest BCUT2D eigenvalue weighted by Gasteiger charge is -2.34. The van der Waals surface area contributed by atoms with Crippen molar-refractivity contribution in [2.75, 3.05) is 37.6 Å². The summed E-state index contributed by atoms with van der Waals surface area (Å²) in [5, 5.41) is 6.15. The van der Waals surface area contributed by atoms with Crippen molar-refractivity contribution in [3.8, 4) is 0 Å². The van der Waals surface area contributed by atoms with E-state index < -0.39 is 0 Å². The van der Waals surface area contributed by atoms with E-state index in [4.69, 9.17) is 0 Å². The minimum absolute atomic E-state index is 0.102. The lowest BCUT2D eigenvalue weighted by molar-refractivity contribution is 0.194. The highest BCUT2D eigenvalue weighted by molar-refractivity contribution is 7.13. The molecule has 0 unspecified atom stereocenters. The van der Waals surface area contributed by atoms with Gasteiger partial charge >= 0.3 is 6.03 Å². The molecule has 1 aromatic rings. The maximum Gasteiger partial charge on any atom is 0.317 e. The third-order valence-electron chi connectivity index (χ3n) is 4.80. The number of carbonyl (C=O) groups excluding carboxylic acids is 1. The fourth-order valence-corrected chi connectivity index (χ4v) is 4.17. The molecule has 0 atom stereocenters. The van der Waals surface area contributed by atoms with Crippen molar-refractivity contribution in [2.24, 2.45) is 5.92 Å². The molecule has 1 aliphatic carbocycles. The third-order valence-corrected chi connectivity index (χ3v) is 5.63. The van der Waals surface area contributed by atoms with Crippen LogP contribution in [0.25, 0.3) is 0 Å². The maximum absolute atomic E-state index is 12.2. The summed E-state index contributed by atoms with van der Waals surface area (Å²) in [6, 6.07) is 0.102. The topological polar surface area (TPSA) is 48.5 Å². The molecule has 0 aromatic carbocycles. The summed E-state index contributed by atoms with van der Waals surface area (Å²) in [6.07, 6.45) is 9.83. The standard InChI is InChI=1S/C16H26N4OS/c21-15(17-7-3-6-14-4-1-2-5-14)19-9-11-20(12-10-19)16-18-8-13-22-16/h8,13-14H,1-7,9-12H2,(H,17,21). The molecule has 1 aliphatic heterocycles. The first kappa shape index (κ1) is 15.6. The van der Waals surface area contributed by atoms with E-state index >= 15 is 0 Å². The van der Waals surface area contributed by atoms with Crippen LogP contribution in [0.15, 0.2) is 11.6 Å². The Bertz CT molecular complexity index is 451. The van der Waals surface area contributed by atoms with E-state index in [0.717, 1.165) is 50.2 Å². The van der Waals surface area contributed by atoms with Crippen LogP contribution in [0.4, 0.5) is 9.93 Å². The van der Waals surface area contributed by atoms with E-state index in [-0.39, 0.29) is 6.03 Å². The van der Waals surface area contributed by atoms with Crippen LogP contribution >= 0.6 is 11.3 Å². The number of nitrogens with zero attached hydrogens (tertiary/aromatic N) is 3. The van der Waals surface area contributed by atoms with Crippen molar-refractivity contribution in [2.45, 2.75) is 38.5 Å². The molecule has 1 N–H and O–H groups in total. The van der Waals surface area contributed by atoms with Gasteiger partial charge in [-0.3, -0.25) is 0 Å². The molecule has 0 spiro atoms. The van der Waals surface area contributed by atoms with Crippen molar-refractivity contribution in [3.05, 3.63) is 11.6 Å². The van der Waals surface area contributed by atoms with Crippen LogP contribution in [0.5, 0.6) is 0 Å². The van der Waals surface area contributed by atoms with E-state index in [2.05, 4.69) is 15.2 Å². The number of carbonyl (C=O) groups is 1. The largest absolute Gasteiger partial charge is 0.345 e. The van der Waals surface area contributed by atoms with Gasteiger partial charge in [0.15, 0.2) is 5.13 Å². The summed E-state index contributed by atoms with van der Waals surface area (Å²) in [6.45, 7) is 4.15. The van der Waals surface area contributed by atoms with E-state index in [1.165, 1.54) is 32.1 Å². The Morgan fingerprint density at radius 2 is 2.05 bits per heavy atom. The first-order chi connectivity index (χ1) is 10.8. The van der Waals surface area contributed by atoms with Gasteiger partial charge in [0.25, 0.3) is 0 Å². The molecule has 5 nitrogen and oxygen atoms in total. The van der Waals surface area contributed by atoms with E-state index in [1.807, 2.05) is 16.5 Å². The molecular formula is C16H26N4OS. The van der Waals surface area contributed by atoms with Crippen molar-refractivity contribution in [3.63, 3.8) is 0 Å². The number of amides is 2. The van der Waals surface area contributed by atoms with Gasteiger partial charge in [-0.05, 0) is 18.8 Å². The van der Waals surface area contributed by atoms with Gasteiger partial charge in [-0.2, -0.15) is 0 Å². The van der Waals surface area contributed by atoms with Gasteiger partial charge in [0.05, 0.1) is 0 Å². The second-order valence-electron chi connectivity index (χ2n) is 6.31. The monoisotopic (exact) mass is 322 g/mol. The molecule has 2 fully saturated rings. The second-order valence-corrected chi connectivity index (χ2v) is 7.19. The zero-order valence-electron chi connectivity index (χ0n) is 13.2. The van der Waals surface area contributed by atoms with E-state index in [9.17, 15) is 4.79 Å². The van der Waals surface area contributed by atoms with Crippen LogP contribution in [-0.2, 0) is 0 Å². The van der Waals surface area contributed by atoms with Crippen molar-refractivity contribution in [1.82, 2.24) is 15.2 Å². The van der Waals surface area contributed by atoms with Gasteiger partial charge < -0.3 is 15.1 Å². The lowest BCUT2D eigenvalue weighted by Crippen LogP contribution is -2.52. The van der Waals surface area contributed by atoms with Crippen molar-refractivity contribution in [1.29, 1.82) is 0 Å². The Morgan fingerprint density at radius 3 is 2.73 bits per heavy atom. The van der Waals surface area contributed by atoms with Crippen molar-refractivity contribution >= 4 is 22.5 Å². The van der Waals surface area contributed by atoms with Gasteiger partial charge in [-0.25, -0.2) is 9.78 Å². The van der Waals surface area contributed by atoms with Gasteiger partial charge in [-0.15, -0.1) is 11.3 Å². The normalized spacial score (nSPS) is 19.6. The average molecular weight is 322 g/mol. The molecule has 0 bridgehead atoms. The summed E-state index contributed by atoms with van der Waals surface area (Å²) in [5.41, 5.74) is 0. The molecule has 1 saturated heterocycles. The second kappa shape index (κ2) is 7.81. The molecule has 2 amide bonds. The highest BCUT2D eigenvalue weighted by Gasteiger charge is 2.22. The molecule has 1 saturated carbocycles. The maximum atomic E-state index is 12.2. The first-order valence-electron chi connectivity index (χ1n) is 8.50. The predicted molar refractivity (Wildman–Crippen MR) is 90.5 cm³/mol. The molecular weight excluding hydrogens is 296 g/mol.